The first-order valence-corrected chi connectivity index (χ1v) is 7.15. The Bertz CT molecular complexity index is 596. The van der Waals surface area contributed by atoms with Crippen LogP contribution >= 0.6 is 31.9 Å². The lowest BCUT2D eigenvalue weighted by atomic mass is 10.3. The fraction of sp³-hybridized carbons (Fsp3) is 0.154. The largest absolute Gasteiger partial charge is 0.495 e. The summed E-state index contributed by atoms with van der Waals surface area (Å²) in [6, 6.07) is 3.89. The third-order valence-electron chi connectivity index (χ3n) is 2.57. The highest BCUT2D eigenvalue weighted by atomic mass is 79.9. The molecule has 0 aliphatic heterocycles. The van der Waals surface area contributed by atoms with Gasteiger partial charge in [0.25, 0.3) is 0 Å². The van der Waals surface area contributed by atoms with Crippen LogP contribution in [0.4, 0.5) is 5.69 Å². The summed E-state index contributed by atoms with van der Waals surface area (Å²) in [6.45, 7) is 4.34. The van der Waals surface area contributed by atoms with Crippen molar-refractivity contribution < 1.29 is 4.74 Å². The second-order valence-electron chi connectivity index (χ2n) is 3.83. The molecule has 2 aromatic rings. The number of benzene rings is 1. The highest BCUT2D eigenvalue weighted by Gasteiger charge is 2.07. The van der Waals surface area contributed by atoms with E-state index in [1.165, 1.54) is 0 Å². The normalized spacial score (nSPS) is 10.3. The average molecular weight is 387 g/mol. The Labute approximate surface area is 128 Å². The molecule has 0 aliphatic rings. The molecule has 0 fully saturated rings. The van der Waals surface area contributed by atoms with E-state index in [0.717, 1.165) is 25.9 Å². The van der Waals surface area contributed by atoms with E-state index in [1.54, 1.807) is 24.2 Å². The van der Waals surface area contributed by atoms with Crippen molar-refractivity contribution in [3.8, 4) is 5.75 Å². The van der Waals surface area contributed by atoms with Crippen molar-refractivity contribution in [3.63, 3.8) is 0 Å². The van der Waals surface area contributed by atoms with Gasteiger partial charge in [0, 0.05) is 35.0 Å². The number of nitrogens with zero attached hydrogens (tertiary/aromatic N) is 2. The number of rotatable bonds is 5. The van der Waals surface area contributed by atoms with Gasteiger partial charge in [-0.1, -0.05) is 6.58 Å². The molecular formula is C13H13Br2N3O. The molecule has 0 bridgehead atoms. The van der Waals surface area contributed by atoms with Crippen LogP contribution < -0.4 is 10.1 Å². The predicted molar refractivity (Wildman–Crippen MR) is 84.3 cm³/mol. The molecule has 0 radical (unpaired) electrons. The lowest BCUT2D eigenvalue weighted by Crippen LogP contribution is -2.00. The Morgan fingerprint density at radius 1 is 1.42 bits per heavy atom. The molecule has 0 atom stereocenters. The van der Waals surface area contributed by atoms with Crippen LogP contribution in [0.3, 0.4) is 0 Å². The number of halogens is 2. The molecule has 0 spiro atoms. The van der Waals surface area contributed by atoms with Crippen molar-refractivity contribution >= 4 is 43.7 Å². The van der Waals surface area contributed by atoms with Gasteiger partial charge in [0.2, 0.25) is 0 Å². The Balaban J connectivity index is 2.12. The van der Waals surface area contributed by atoms with Crippen LogP contribution in [0.15, 0.2) is 40.1 Å². The lowest BCUT2D eigenvalue weighted by molar-refractivity contribution is 0.412. The van der Waals surface area contributed by atoms with Gasteiger partial charge in [0.15, 0.2) is 0 Å². The number of nitrogens with one attached hydrogen (secondary N) is 1. The van der Waals surface area contributed by atoms with Crippen LogP contribution in [-0.2, 0) is 6.54 Å². The molecule has 0 aliphatic carbocycles. The van der Waals surface area contributed by atoms with Gasteiger partial charge in [-0.2, -0.15) is 5.10 Å². The molecule has 100 valence electrons. The van der Waals surface area contributed by atoms with Crippen LogP contribution in [-0.4, -0.2) is 16.9 Å². The van der Waals surface area contributed by atoms with E-state index in [9.17, 15) is 0 Å². The van der Waals surface area contributed by atoms with Crippen LogP contribution in [0.2, 0.25) is 0 Å². The minimum Gasteiger partial charge on any atom is -0.495 e. The van der Waals surface area contributed by atoms with Crippen molar-refractivity contribution in [2.75, 3.05) is 12.4 Å². The average Bonchev–Trinajstić information content (AvgIpc) is 2.86. The van der Waals surface area contributed by atoms with E-state index in [4.69, 9.17) is 4.74 Å². The molecule has 0 amide bonds. The second kappa shape index (κ2) is 6.25. The summed E-state index contributed by atoms with van der Waals surface area (Å²) >= 11 is 6.96. The highest BCUT2D eigenvalue weighted by molar-refractivity contribution is 9.11. The molecule has 0 unspecified atom stereocenters. The molecule has 19 heavy (non-hydrogen) atoms. The molecule has 6 heteroatoms. The highest BCUT2D eigenvalue weighted by Crippen LogP contribution is 2.34. The zero-order valence-electron chi connectivity index (χ0n) is 10.4. The molecule has 0 saturated carbocycles. The van der Waals surface area contributed by atoms with Crippen LogP contribution in [0, 0.1) is 0 Å². The van der Waals surface area contributed by atoms with Gasteiger partial charge in [-0.15, -0.1) is 0 Å². The quantitative estimate of drug-likeness (QED) is 0.839. The Morgan fingerprint density at radius 3 is 2.84 bits per heavy atom. The monoisotopic (exact) mass is 385 g/mol. The molecule has 1 aromatic carbocycles. The molecule has 4 nitrogen and oxygen atoms in total. The van der Waals surface area contributed by atoms with E-state index < -0.39 is 0 Å². The molecule has 2 rings (SSSR count). The zero-order chi connectivity index (χ0) is 13.8. The summed E-state index contributed by atoms with van der Waals surface area (Å²) < 4.78 is 8.83. The molecular weight excluding hydrogens is 374 g/mol. The van der Waals surface area contributed by atoms with E-state index in [-0.39, 0.29) is 0 Å². The standard InChI is InChI=1S/C13H13Br2N3O/c1-3-18-8-9(7-17-18)6-16-12-5-13(19-2)11(15)4-10(12)14/h3-5,7-8,16H,1,6H2,2H3. The van der Waals surface area contributed by atoms with E-state index >= 15 is 0 Å². The zero-order valence-corrected chi connectivity index (χ0v) is 13.5. The van der Waals surface area contributed by atoms with Gasteiger partial charge in [0.1, 0.15) is 5.75 Å². The molecule has 1 heterocycles. The fourth-order valence-corrected chi connectivity index (χ4v) is 2.88. The van der Waals surface area contributed by atoms with Gasteiger partial charge in [0.05, 0.1) is 23.5 Å². The smallest absolute Gasteiger partial charge is 0.135 e. The van der Waals surface area contributed by atoms with Gasteiger partial charge >= 0.3 is 0 Å². The summed E-state index contributed by atoms with van der Waals surface area (Å²) in [5, 5.41) is 7.47. The summed E-state index contributed by atoms with van der Waals surface area (Å²) in [4.78, 5) is 0. The topological polar surface area (TPSA) is 39.1 Å². The summed E-state index contributed by atoms with van der Waals surface area (Å²) in [5.74, 6) is 0.785. The third kappa shape index (κ3) is 3.39. The number of methoxy groups -OCH3 is 1. The Hall–Kier alpha value is -1.27. The van der Waals surface area contributed by atoms with Crippen molar-refractivity contribution in [1.82, 2.24) is 9.78 Å². The first-order chi connectivity index (χ1) is 9.13. The maximum atomic E-state index is 5.28. The summed E-state index contributed by atoms with van der Waals surface area (Å²) in [7, 11) is 1.64. The molecule has 1 N–H and O–H groups in total. The minimum atomic E-state index is 0.678. The minimum absolute atomic E-state index is 0.678. The van der Waals surface area contributed by atoms with E-state index in [1.807, 2.05) is 18.3 Å². The second-order valence-corrected chi connectivity index (χ2v) is 5.54. The number of ether oxygens (including phenoxy) is 1. The summed E-state index contributed by atoms with van der Waals surface area (Å²) in [5.41, 5.74) is 2.04. The van der Waals surface area contributed by atoms with Gasteiger partial charge < -0.3 is 10.1 Å². The number of anilines is 1. The van der Waals surface area contributed by atoms with Gasteiger partial charge in [-0.05, 0) is 37.9 Å². The number of aromatic nitrogens is 2. The summed E-state index contributed by atoms with van der Waals surface area (Å²) in [6.07, 6.45) is 5.38. The fourth-order valence-electron chi connectivity index (χ4n) is 1.59. The Kier molecular flexibility index (Phi) is 4.66. The van der Waals surface area contributed by atoms with Crippen LogP contribution in [0.5, 0.6) is 5.75 Å². The first kappa shape index (κ1) is 14.1. The first-order valence-electron chi connectivity index (χ1n) is 5.56. The van der Waals surface area contributed by atoms with Gasteiger partial charge in [-0.3, -0.25) is 0 Å². The maximum Gasteiger partial charge on any atom is 0.135 e. The third-order valence-corrected chi connectivity index (χ3v) is 3.84. The maximum absolute atomic E-state index is 5.28. The van der Waals surface area contributed by atoms with Crippen molar-refractivity contribution in [3.05, 3.63) is 45.6 Å². The van der Waals surface area contributed by atoms with Crippen molar-refractivity contribution in [2.45, 2.75) is 6.54 Å². The number of hydrogen-bond acceptors (Lipinski definition) is 3. The van der Waals surface area contributed by atoms with Crippen molar-refractivity contribution in [1.29, 1.82) is 0 Å². The lowest BCUT2D eigenvalue weighted by Gasteiger charge is -2.11. The molecule has 1 aromatic heterocycles. The molecule has 0 saturated heterocycles. The van der Waals surface area contributed by atoms with Gasteiger partial charge in [-0.25, -0.2) is 4.68 Å². The van der Waals surface area contributed by atoms with E-state index in [0.29, 0.717) is 6.54 Å². The number of hydrogen-bond donors (Lipinski definition) is 1. The van der Waals surface area contributed by atoms with Crippen LogP contribution in [0.1, 0.15) is 5.56 Å². The van der Waals surface area contributed by atoms with E-state index in [2.05, 4.69) is 48.9 Å². The van der Waals surface area contributed by atoms with Crippen LogP contribution in [0.25, 0.3) is 6.20 Å². The Morgan fingerprint density at radius 2 is 2.21 bits per heavy atom. The predicted octanol–water partition coefficient (Wildman–Crippen LogP) is 4.13. The SMILES string of the molecule is C=Cn1cc(CNc2cc(OC)c(Br)cc2Br)cn1. The van der Waals surface area contributed by atoms with Crippen molar-refractivity contribution in [2.24, 2.45) is 0 Å².